The fourth-order valence-corrected chi connectivity index (χ4v) is 2.56. The number of hydrogen-bond donors (Lipinski definition) is 1. The predicted octanol–water partition coefficient (Wildman–Crippen LogP) is 4.00. The Morgan fingerprint density at radius 1 is 1.05 bits per heavy atom. The average Bonchev–Trinajstić information content (AvgIpc) is 2.44. The molecule has 0 unspecified atom stereocenters. The van der Waals surface area contributed by atoms with E-state index in [0.717, 1.165) is 29.2 Å². The summed E-state index contributed by atoms with van der Waals surface area (Å²) in [5, 5.41) is 0.789. The third-order valence-electron chi connectivity index (χ3n) is 3.16. The van der Waals surface area contributed by atoms with E-state index in [9.17, 15) is 0 Å². The van der Waals surface area contributed by atoms with Crippen molar-refractivity contribution in [2.75, 3.05) is 18.0 Å². The van der Waals surface area contributed by atoms with Gasteiger partial charge in [0.1, 0.15) is 0 Å². The Morgan fingerprint density at radius 2 is 1.79 bits per heavy atom. The highest BCUT2D eigenvalue weighted by Crippen LogP contribution is 2.32. The maximum absolute atomic E-state index is 6.31. The van der Waals surface area contributed by atoms with Crippen LogP contribution >= 0.6 is 11.6 Å². The Bertz CT molecular complexity index is 526. The number of nitrogens with zero attached hydrogens (tertiary/aromatic N) is 1. The number of halogens is 1. The molecule has 0 saturated carbocycles. The average molecular weight is 275 g/mol. The lowest BCUT2D eigenvalue weighted by atomic mass is 10.1. The molecule has 2 aromatic rings. The molecule has 0 aliphatic rings. The lowest BCUT2D eigenvalue weighted by Crippen LogP contribution is -2.18. The van der Waals surface area contributed by atoms with E-state index in [1.165, 1.54) is 5.69 Å². The molecule has 0 aliphatic carbocycles. The third kappa shape index (κ3) is 3.09. The van der Waals surface area contributed by atoms with Gasteiger partial charge in [0.2, 0.25) is 0 Å². The SMILES string of the molecule is CCN(c1ccccc1)c1cccc(Cl)c1CCN. The first-order valence-corrected chi connectivity index (χ1v) is 6.95. The maximum Gasteiger partial charge on any atom is 0.0459 e. The molecule has 3 heteroatoms. The molecule has 0 spiro atoms. The van der Waals surface area contributed by atoms with Gasteiger partial charge in [0, 0.05) is 22.9 Å². The summed E-state index contributed by atoms with van der Waals surface area (Å²) < 4.78 is 0. The quantitative estimate of drug-likeness (QED) is 0.893. The van der Waals surface area contributed by atoms with E-state index in [0.29, 0.717) is 6.54 Å². The Balaban J connectivity index is 2.47. The first-order valence-electron chi connectivity index (χ1n) is 6.58. The van der Waals surface area contributed by atoms with Crippen molar-refractivity contribution in [3.05, 3.63) is 59.1 Å². The van der Waals surface area contributed by atoms with Crippen LogP contribution in [-0.2, 0) is 6.42 Å². The number of anilines is 2. The van der Waals surface area contributed by atoms with Gasteiger partial charge in [-0.05, 0) is 49.7 Å². The number of para-hydroxylation sites is 1. The van der Waals surface area contributed by atoms with Crippen LogP contribution in [-0.4, -0.2) is 13.1 Å². The highest BCUT2D eigenvalue weighted by molar-refractivity contribution is 6.31. The van der Waals surface area contributed by atoms with E-state index in [1.54, 1.807) is 0 Å². The van der Waals surface area contributed by atoms with Crippen molar-refractivity contribution in [3.63, 3.8) is 0 Å². The van der Waals surface area contributed by atoms with Crippen molar-refractivity contribution in [2.24, 2.45) is 5.73 Å². The molecule has 2 nitrogen and oxygen atoms in total. The molecule has 2 aromatic carbocycles. The first kappa shape index (κ1) is 13.9. The van der Waals surface area contributed by atoms with E-state index in [4.69, 9.17) is 17.3 Å². The fourth-order valence-electron chi connectivity index (χ4n) is 2.29. The molecule has 0 aliphatic heterocycles. The smallest absolute Gasteiger partial charge is 0.0459 e. The van der Waals surface area contributed by atoms with Gasteiger partial charge in [-0.25, -0.2) is 0 Å². The monoisotopic (exact) mass is 274 g/mol. The van der Waals surface area contributed by atoms with Crippen LogP contribution in [0.2, 0.25) is 5.02 Å². The van der Waals surface area contributed by atoms with Gasteiger partial charge in [0.05, 0.1) is 0 Å². The molecule has 0 fully saturated rings. The minimum Gasteiger partial charge on any atom is -0.342 e. The van der Waals surface area contributed by atoms with Crippen molar-refractivity contribution in [1.29, 1.82) is 0 Å². The molecule has 0 radical (unpaired) electrons. The third-order valence-corrected chi connectivity index (χ3v) is 3.52. The molecule has 2 N–H and O–H groups in total. The van der Waals surface area contributed by atoms with Crippen LogP contribution in [0, 0.1) is 0 Å². The molecule has 0 atom stereocenters. The van der Waals surface area contributed by atoms with Gasteiger partial charge in [-0.3, -0.25) is 0 Å². The van der Waals surface area contributed by atoms with Crippen LogP contribution in [0.4, 0.5) is 11.4 Å². The second kappa shape index (κ2) is 6.60. The van der Waals surface area contributed by atoms with Crippen LogP contribution in [0.3, 0.4) is 0 Å². The number of hydrogen-bond acceptors (Lipinski definition) is 2. The van der Waals surface area contributed by atoms with Crippen LogP contribution in [0.1, 0.15) is 12.5 Å². The minimum absolute atomic E-state index is 0.600. The lowest BCUT2D eigenvalue weighted by molar-refractivity contribution is 0.942. The summed E-state index contributed by atoms with van der Waals surface area (Å²) in [6, 6.07) is 16.4. The Labute approximate surface area is 119 Å². The zero-order valence-electron chi connectivity index (χ0n) is 11.1. The molecule has 0 heterocycles. The van der Waals surface area contributed by atoms with Gasteiger partial charge in [-0.15, -0.1) is 0 Å². The number of rotatable bonds is 5. The van der Waals surface area contributed by atoms with Crippen LogP contribution in [0.25, 0.3) is 0 Å². The topological polar surface area (TPSA) is 29.3 Å². The van der Waals surface area contributed by atoms with E-state index in [1.807, 2.05) is 30.3 Å². The zero-order valence-corrected chi connectivity index (χ0v) is 11.9. The summed E-state index contributed by atoms with van der Waals surface area (Å²) in [6.07, 6.45) is 0.790. The van der Waals surface area contributed by atoms with Gasteiger partial charge in [0.25, 0.3) is 0 Å². The summed E-state index contributed by atoms with van der Waals surface area (Å²) >= 11 is 6.31. The number of benzene rings is 2. The molecule has 19 heavy (non-hydrogen) atoms. The van der Waals surface area contributed by atoms with E-state index < -0.39 is 0 Å². The molecule has 0 aromatic heterocycles. The Morgan fingerprint density at radius 3 is 2.42 bits per heavy atom. The van der Waals surface area contributed by atoms with Crippen molar-refractivity contribution in [2.45, 2.75) is 13.3 Å². The summed E-state index contributed by atoms with van der Waals surface area (Å²) in [5.41, 5.74) is 9.14. The van der Waals surface area contributed by atoms with Crippen molar-refractivity contribution in [1.82, 2.24) is 0 Å². The Kier molecular flexibility index (Phi) is 4.83. The highest BCUT2D eigenvalue weighted by atomic mass is 35.5. The highest BCUT2D eigenvalue weighted by Gasteiger charge is 2.13. The molecular formula is C16H19ClN2. The summed E-state index contributed by atoms with van der Waals surface area (Å²) in [7, 11) is 0. The van der Waals surface area contributed by atoms with Crippen molar-refractivity contribution >= 4 is 23.0 Å². The standard InChI is InChI=1S/C16H19ClN2/c1-2-19(13-7-4-3-5-8-13)16-10-6-9-15(17)14(16)11-12-18/h3-10H,2,11-12,18H2,1H3. The van der Waals surface area contributed by atoms with E-state index >= 15 is 0 Å². The normalized spacial score (nSPS) is 10.5. The van der Waals surface area contributed by atoms with Crippen LogP contribution in [0.15, 0.2) is 48.5 Å². The second-order valence-electron chi connectivity index (χ2n) is 4.36. The van der Waals surface area contributed by atoms with E-state index in [-0.39, 0.29) is 0 Å². The van der Waals surface area contributed by atoms with Gasteiger partial charge >= 0.3 is 0 Å². The van der Waals surface area contributed by atoms with Crippen LogP contribution in [0.5, 0.6) is 0 Å². The molecule has 0 bridgehead atoms. The largest absolute Gasteiger partial charge is 0.342 e. The maximum atomic E-state index is 6.31. The summed E-state index contributed by atoms with van der Waals surface area (Å²) in [5.74, 6) is 0. The van der Waals surface area contributed by atoms with Gasteiger partial charge in [0.15, 0.2) is 0 Å². The molecular weight excluding hydrogens is 256 g/mol. The van der Waals surface area contributed by atoms with Crippen molar-refractivity contribution in [3.8, 4) is 0 Å². The van der Waals surface area contributed by atoms with Gasteiger partial charge < -0.3 is 10.6 Å². The first-order chi connectivity index (χ1) is 9.27. The van der Waals surface area contributed by atoms with Crippen LogP contribution < -0.4 is 10.6 Å². The predicted molar refractivity (Wildman–Crippen MR) is 83.3 cm³/mol. The summed E-state index contributed by atoms with van der Waals surface area (Å²) in [6.45, 7) is 3.63. The zero-order chi connectivity index (χ0) is 13.7. The molecule has 0 amide bonds. The fraction of sp³-hybridized carbons (Fsp3) is 0.250. The molecule has 0 saturated heterocycles. The molecule has 100 valence electrons. The van der Waals surface area contributed by atoms with Crippen molar-refractivity contribution < 1.29 is 0 Å². The number of nitrogens with two attached hydrogens (primary N) is 1. The van der Waals surface area contributed by atoms with E-state index in [2.05, 4.69) is 30.0 Å². The summed E-state index contributed by atoms with van der Waals surface area (Å²) in [4.78, 5) is 2.26. The van der Waals surface area contributed by atoms with Gasteiger partial charge in [-0.1, -0.05) is 35.9 Å². The minimum atomic E-state index is 0.600. The van der Waals surface area contributed by atoms with Gasteiger partial charge in [-0.2, -0.15) is 0 Å². The lowest BCUT2D eigenvalue weighted by Gasteiger charge is -2.26. The Hall–Kier alpha value is -1.51. The second-order valence-corrected chi connectivity index (χ2v) is 4.76. The molecule has 2 rings (SSSR count).